The summed E-state index contributed by atoms with van der Waals surface area (Å²) in [7, 11) is 0. The molecule has 0 bridgehead atoms. The highest BCUT2D eigenvalue weighted by molar-refractivity contribution is 6.29. The highest BCUT2D eigenvalue weighted by Gasteiger charge is 2.17. The predicted octanol–water partition coefficient (Wildman–Crippen LogP) is 3.25. The Labute approximate surface area is 126 Å². The summed E-state index contributed by atoms with van der Waals surface area (Å²) in [6.07, 6.45) is 3.38. The maximum Gasteiger partial charge on any atom is 0.274 e. The molecule has 0 atom stereocenters. The highest BCUT2D eigenvalue weighted by atomic mass is 35.5. The van der Waals surface area contributed by atoms with Gasteiger partial charge in [-0.3, -0.25) is 9.20 Å². The van der Waals surface area contributed by atoms with Crippen molar-refractivity contribution in [3.63, 3.8) is 0 Å². The summed E-state index contributed by atoms with van der Waals surface area (Å²) in [6.45, 7) is 3.78. The van der Waals surface area contributed by atoms with E-state index in [0.717, 1.165) is 11.2 Å². The summed E-state index contributed by atoms with van der Waals surface area (Å²) in [5, 5.41) is 3.15. The monoisotopic (exact) mass is 300 g/mol. The highest BCUT2D eigenvalue weighted by Crippen LogP contribution is 2.18. The first kappa shape index (κ1) is 13.6. The zero-order valence-electron chi connectivity index (χ0n) is 11.6. The van der Waals surface area contributed by atoms with Crippen LogP contribution in [0.25, 0.3) is 5.65 Å². The molecule has 0 aliphatic heterocycles. The Morgan fingerprint density at radius 1 is 1.33 bits per heavy atom. The molecule has 0 saturated carbocycles. The lowest BCUT2D eigenvalue weighted by molar-refractivity contribution is 0.102. The molecule has 3 aromatic rings. The van der Waals surface area contributed by atoms with Crippen molar-refractivity contribution in [1.82, 2.24) is 14.4 Å². The van der Waals surface area contributed by atoms with E-state index in [9.17, 15) is 4.79 Å². The quantitative estimate of drug-likeness (QED) is 0.739. The number of carbonyl (C=O) groups is 1. The van der Waals surface area contributed by atoms with Crippen molar-refractivity contribution in [3.05, 3.63) is 58.8 Å². The van der Waals surface area contributed by atoms with Gasteiger partial charge in [0.1, 0.15) is 16.5 Å². The van der Waals surface area contributed by atoms with Crippen LogP contribution in [-0.2, 0) is 0 Å². The van der Waals surface area contributed by atoms with Gasteiger partial charge in [-0.2, -0.15) is 0 Å². The van der Waals surface area contributed by atoms with Gasteiger partial charge in [-0.05, 0) is 37.6 Å². The molecule has 3 heterocycles. The van der Waals surface area contributed by atoms with Gasteiger partial charge in [0, 0.05) is 18.1 Å². The number of imidazole rings is 1. The summed E-state index contributed by atoms with van der Waals surface area (Å²) >= 11 is 5.82. The fraction of sp³-hybridized carbons (Fsp3) is 0.133. The second kappa shape index (κ2) is 5.18. The lowest BCUT2D eigenvalue weighted by Crippen LogP contribution is -2.15. The average molecular weight is 301 g/mol. The molecular weight excluding hydrogens is 288 g/mol. The van der Waals surface area contributed by atoms with E-state index in [1.165, 1.54) is 0 Å². The lowest BCUT2D eigenvalue weighted by Gasteiger charge is -2.06. The van der Waals surface area contributed by atoms with Crippen LogP contribution in [0.5, 0.6) is 0 Å². The molecule has 0 aliphatic rings. The molecule has 3 aromatic heterocycles. The molecule has 21 heavy (non-hydrogen) atoms. The number of amides is 1. The Kier molecular flexibility index (Phi) is 3.35. The second-order valence-electron chi connectivity index (χ2n) is 4.75. The third-order valence-electron chi connectivity index (χ3n) is 3.22. The zero-order chi connectivity index (χ0) is 15.0. The standard InChI is InChI=1S/C15H13ClN4O/c1-9-4-3-7-20-13(10(2)18-14(9)20)15(21)19-11-5-6-17-12(16)8-11/h3-8H,1-2H3,(H,17,19,21). The van der Waals surface area contributed by atoms with Gasteiger partial charge in [0.15, 0.2) is 0 Å². The fourth-order valence-corrected chi connectivity index (χ4v) is 2.44. The second-order valence-corrected chi connectivity index (χ2v) is 5.14. The number of aromatic nitrogens is 3. The molecule has 0 saturated heterocycles. The Balaban J connectivity index is 2.02. The normalized spacial score (nSPS) is 10.8. The predicted molar refractivity (Wildman–Crippen MR) is 81.9 cm³/mol. The van der Waals surface area contributed by atoms with E-state index in [0.29, 0.717) is 22.2 Å². The third-order valence-corrected chi connectivity index (χ3v) is 3.43. The van der Waals surface area contributed by atoms with Gasteiger partial charge < -0.3 is 5.32 Å². The van der Waals surface area contributed by atoms with Crippen molar-refractivity contribution < 1.29 is 4.79 Å². The first-order chi connectivity index (χ1) is 10.1. The van der Waals surface area contributed by atoms with Gasteiger partial charge in [0.25, 0.3) is 5.91 Å². The number of nitrogens with zero attached hydrogens (tertiary/aromatic N) is 3. The third kappa shape index (κ3) is 2.48. The minimum absolute atomic E-state index is 0.229. The first-order valence-corrected chi connectivity index (χ1v) is 6.81. The Hall–Kier alpha value is -2.40. The molecular formula is C15H13ClN4O. The van der Waals surface area contributed by atoms with Gasteiger partial charge in [-0.15, -0.1) is 0 Å². The van der Waals surface area contributed by atoms with Crippen molar-refractivity contribution in [1.29, 1.82) is 0 Å². The van der Waals surface area contributed by atoms with Gasteiger partial charge in [0.2, 0.25) is 0 Å². The van der Waals surface area contributed by atoms with Crippen LogP contribution in [-0.4, -0.2) is 20.3 Å². The van der Waals surface area contributed by atoms with Crippen LogP contribution in [0.4, 0.5) is 5.69 Å². The smallest absolute Gasteiger partial charge is 0.274 e. The van der Waals surface area contributed by atoms with Gasteiger partial charge in [-0.1, -0.05) is 17.7 Å². The van der Waals surface area contributed by atoms with E-state index in [2.05, 4.69) is 15.3 Å². The summed E-state index contributed by atoms with van der Waals surface area (Å²) < 4.78 is 1.79. The van der Waals surface area contributed by atoms with E-state index in [4.69, 9.17) is 11.6 Å². The molecule has 0 aromatic carbocycles. The van der Waals surface area contributed by atoms with Crippen LogP contribution in [0, 0.1) is 13.8 Å². The van der Waals surface area contributed by atoms with Crippen LogP contribution >= 0.6 is 11.6 Å². The van der Waals surface area contributed by atoms with E-state index in [1.807, 2.05) is 32.2 Å². The molecule has 0 unspecified atom stereocenters. The van der Waals surface area contributed by atoms with Crippen LogP contribution in [0.3, 0.4) is 0 Å². The number of fused-ring (bicyclic) bond motifs is 1. The Morgan fingerprint density at radius 3 is 2.90 bits per heavy atom. The minimum atomic E-state index is -0.229. The average Bonchev–Trinajstić information content (AvgIpc) is 2.76. The summed E-state index contributed by atoms with van der Waals surface area (Å²) in [4.78, 5) is 20.8. The lowest BCUT2D eigenvalue weighted by atomic mass is 10.3. The Bertz CT molecular complexity index is 841. The number of anilines is 1. The van der Waals surface area contributed by atoms with Crippen molar-refractivity contribution in [2.45, 2.75) is 13.8 Å². The molecule has 6 heteroatoms. The molecule has 106 valence electrons. The van der Waals surface area contributed by atoms with Crippen molar-refractivity contribution in [2.75, 3.05) is 5.32 Å². The molecule has 0 fully saturated rings. The molecule has 0 radical (unpaired) electrons. The fourth-order valence-electron chi connectivity index (χ4n) is 2.26. The number of rotatable bonds is 2. The number of carbonyl (C=O) groups excluding carboxylic acids is 1. The van der Waals surface area contributed by atoms with Gasteiger partial charge >= 0.3 is 0 Å². The van der Waals surface area contributed by atoms with Crippen LogP contribution in [0.2, 0.25) is 5.15 Å². The van der Waals surface area contributed by atoms with Crippen molar-refractivity contribution in [3.8, 4) is 0 Å². The molecule has 1 N–H and O–H groups in total. The van der Waals surface area contributed by atoms with Gasteiger partial charge in [-0.25, -0.2) is 9.97 Å². The van der Waals surface area contributed by atoms with Crippen LogP contribution in [0.1, 0.15) is 21.7 Å². The zero-order valence-corrected chi connectivity index (χ0v) is 12.3. The molecule has 5 nitrogen and oxygen atoms in total. The minimum Gasteiger partial charge on any atom is -0.320 e. The Morgan fingerprint density at radius 2 is 2.14 bits per heavy atom. The van der Waals surface area contributed by atoms with Crippen LogP contribution in [0.15, 0.2) is 36.7 Å². The number of hydrogen-bond acceptors (Lipinski definition) is 3. The molecule has 0 aliphatic carbocycles. The molecule has 1 amide bonds. The van der Waals surface area contributed by atoms with E-state index < -0.39 is 0 Å². The number of hydrogen-bond donors (Lipinski definition) is 1. The number of pyridine rings is 2. The maximum atomic E-state index is 12.5. The number of nitrogens with one attached hydrogen (secondary N) is 1. The van der Waals surface area contributed by atoms with Crippen molar-refractivity contribution in [2.24, 2.45) is 0 Å². The number of aryl methyl sites for hydroxylation is 2. The first-order valence-electron chi connectivity index (χ1n) is 6.43. The van der Waals surface area contributed by atoms with E-state index in [1.54, 1.807) is 22.7 Å². The van der Waals surface area contributed by atoms with E-state index in [-0.39, 0.29) is 5.91 Å². The van der Waals surface area contributed by atoms with E-state index >= 15 is 0 Å². The SMILES string of the molecule is Cc1nc2c(C)cccn2c1C(=O)Nc1ccnc(Cl)c1. The molecule has 0 spiro atoms. The van der Waals surface area contributed by atoms with Gasteiger partial charge in [0.05, 0.1) is 5.69 Å². The number of halogens is 1. The molecule has 3 rings (SSSR count). The summed E-state index contributed by atoms with van der Waals surface area (Å²) in [5.41, 5.74) is 3.60. The van der Waals surface area contributed by atoms with Crippen LogP contribution < -0.4 is 5.32 Å². The summed E-state index contributed by atoms with van der Waals surface area (Å²) in [5.74, 6) is -0.229. The summed E-state index contributed by atoms with van der Waals surface area (Å²) in [6, 6.07) is 7.15. The van der Waals surface area contributed by atoms with Crippen molar-refractivity contribution >= 4 is 28.8 Å². The topological polar surface area (TPSA) is 59.3 Å². The maximum absolute atomic E-state index is 12.5. The largest absolute Gasteiger partial charge is 0.320 e.